The summed E-state index contributed by atoms with van der Waals surface area (Å²) in [7, 11) is 0. The number of piperazine rings is 1. The zero-order chi connectivity index (χ0) is 26.7. The van der Waals surface area contributed by atoms with Gasteiger partial charge in [-0.2, -0.15) is 0 Å². The van der Waals surface area contributed by atoms with Crippen LogP contribution in [0.1, 0.15) is 32.6 Å². The van der Waals surface area contributed by atoms with E-state index in [4.69, 9.17) is 4.74 Å². The maximum absolute atomic E-state index is 13.1. The molecule has 0 bridgehead atoms. The number of para-hydroxylation sites is 1. The highest BCUT2D eigenvalue weighted by molar-refractivity contribution is 5.92. The molecule has 4 N–H and O–H groups in total. The third-order valence-electron chi connectivity index (χ3n) is 8.10. The second-order valence-electron chi connectivity index (χ2n) is 11.1. The van der Waals surface area contributed by atoms with E-state index < -0.39 is 6.04 Å². The van der Waals surface area contributed by atoms with Crippen LogP contribution in [0.15, 0.2) is 30.3 Å². The Hall–Kier alpha value is -3.18. The summed E-state index contributed by atoms with van der Waals surface area (Å²) < 4.78 is 5.60. The lowest BCUT2D eigenvalue weighted by Gasteiger charge is -2.42. The van der Waals surface area contributed by atoms with E-state index in [1.807, 2.05) is 30.3 Å². The number of ether oxygens (including phenoxy) is 1. The molecule has 11 heteroatoms. The summed E-state index contributed by atoms with van der Waals surface area (Å²) >= 11 is 0. The van der Waals surface area contributed by atoms with E-state index in [2.05, 4.69) is 28.2 Å². The normalized spacial score (nSPS) is 28.2. The summed E-state index contributed by atoms with van der Waals surface area (Å²) in [5.74, 6) is 0.193. The highest BCUT2D eigenvalue weighted by atomic mass is 16.5. The Kier molecular flexibility index (Phi) is 7.85. The van der Waals surface area contributed by atoms with Gasteiger partial charge >= 0.3 is 0 Å². The predicted octanol–water partition coefficient (Wildman–Crippen LogP) is -0.770. The van der Waals surface area contributed by atoms with Crippen molar-refractivity contribution in [1.29, 1.82) is 0 Å². The molecule has 38 heavy (non-hydrogen) atoms. The van der Waals surface area contributed by atoms with Gasteiger partial charge in [-0.1, -0.05) is 25.1 Å². The van der Waals surface area contributed by atoms with Crippen LogP contribution in [0.2, 0.25) is 0 Å². The van der Waals surface area contributed by atoms with Gasteiger partial charge in [0.25, 0.3) is 0 Å². The molecule has 11 nitrogen and oxygen atoms in total. The number of carbonyl (C=O) groups is 4. The van der Waals surface area contributed by atoms with Crippen molar-refractivity contribution in [3.63, 3.8) is 0 Å². The number of piperidine rings is 1. The summed E-state index contributed by atoms with van der Waals surface area (Å²) in [4.78, 5) is 54.5. The Morgan fingerprint density at radius 2 is 1.89 bits per heavy atom. The first-order valence-electron chi connectivity index (χ1n) is 13.6. The minimum absolute atomic E-state index is 0.0336. The minimum atomic E-state index is -0.545. The van der Waals surface area contributed by atoms with Crippen LogP contribution in [0.25, 0.3) is 0 Å². The zero-order valence-corrected chi connectivity index (χ0v) is 21.9. The number of nitrogens with zero attached hydrogens (tertiary/aromatic N) is 2. The summed E-state index contributed by atoms with van der Waals surface area (Å²) in [6.45, 7) is 5.59. The Balaban J connectivity index is 1.04. The van der Waals surface area contributed by atoms with Crippen LogP contribution in [-0.4, -0.2) is 103 Å². The van der Waals surface area contributed by atoms with Crippen molar-refractivity contribution in [2.45, 2.75) is 56.8 Å². The van der Waals surface area contributed by atoms with Gasteiger partial charge in [0.1, 0.15) is 11.8 Å². The van der Waals surface area contributed by atoms with Crippen molar-refractivity contribution < 1.29 is 23.9 Å². The van der Waals surface area contributed by atoms with Crippen LogP contribution in [0.3, 0.4) is 0 Å². The number of benzene rings is 1. The number of hydrogen-bond acceptors (Lipinski definition) is 7. The smallest absolute Gasteiger partial charge is 0.243 e. The number of rotatable bonds is 10. The number of amides is 4. The SMILES string of the molecule is C[C@@]12C[C@@H]1N(C(=O)CNC(=O)CCCOc1ccccc1)[C@H](C(=O)NC1CN(C(=O)C3CNCCN3)C1)C2. The molecule has 4 fully saturated rings. The van der Waals surface area contributed by atoms with Gasteiger partial charge in [-0.15, -0.1) is 0 Å². The molecule has 0 spiro atoms. The van der Waals surface area contributed by atoms with E-state index in [1.165, 1.54) is 0 Å². The summed E-state index contributed by atoms with van der Waals surface area (Å²) in [6.07, 6.45) is 2.29. The van der Waals surface area contributed by atoms with Crippen LogP contribution in [-0.2, 0) is 19.2 Å². The number of hydrogen-bond donors (Lipinski definition) is 4. The molecule has 1 unspecified atom stereocenters. The number of fused-ring (bicyclic) bond motifs is 1. The van der Waals surface area contributed by atoms with Crippen molar-refractivity contribution in [2.24, 2.45) is 5.41 Å². The van der Waals surface area contributed by atoms with E-state index in [0.717, 1.165) is 25.3 Å². The fourth-order valence-corrected chi connectivity index (χ4v) is 5.75. The van der Waals surface area contributed by atoms with Crippen LogP contribution in [0.5, 0.6) is 5.75 Å². The third kappa shape index (κ3) is 5.94. The van der Waals surface area contributed by atoms with Crippen LogP contribution < -0.4 is 26.0 Å². The molecule has 206 valence electrons. The fraction of sp³-hybridized carbons (Fsp3) is 0.630. The van der Waals surface area contributed by atoms with Crippen molar-refractivity contribution in [1.82, 2.24) is 31.1 Å². The Bertz CT molecular complexity index is 1040. The maximum atomic E-state index is 13.1. The van der Waals surface area contributed by atoms with Crippen LogP contribution in [0, 0.1) is 5.41 Å². The van der Waals surface area contributed by atoms with Gasteiger partial charge in [0.15, 0.2) is 0 Å². The monoisotopic (exact) mass is 526 g/mol. The van der Waals surface area contributed by atoms with Crippen molar-refractivity contribution in [3.8, 4) is 5.75 Å². The Morgan fingerprint density at radius 3 is 2.63 bits per heavy atom. The molecule has 4 amide bonds. The molecule has 3 heterocycles. The van der Waals surface area contributed by atoms with Crippen molar-refractivity contribution >= 4 is 23.6 Å². The van der Waals surface area contributed by atoms with Gasteiger partial charge in [-0.3, -0.25) is 19.2 Å². The molecule has 0 aromatic heterocycles. The first-order valence-corrected chi connectivity index (χ1v) is 13.6. The van der Waals surface area contributed by atoms with Gasteiger partial charge in [0.2, 0.25) is 23.6 Å². The van der Waals surface area contributed by atoms with E-state index in [-0.39, 0.29) is 60.1 Å². The molecular formula is C27H38N6O5. The average molecular weight is 527 g/mol. The first kappa shape index (κ1) is 26.4. The first-order chi connectivity index (χ1) is 18.3. The van der Waals surface area contributed by atoms with Gasteiger partial charge in [-0.05, 0) is 36.8 Å². The second kappa shape index (κ2) is 11.3. The standard InChI is InChI=1S/C27H38N6O5/c1-27-12-21(25(36)31-18-16-32(17-18)26(37)20-14-28-9-10-29-20)33(22(27)13-27)24(35)15-30-23(34)8-5-11-38-19-6-3-2-4-7-19/h2-4,6-7,18,20-22,28-29H,5,8-17H2,1H3,(H,30,34)(H,31,36)/t20?,21-,22-,27+/m0/s1. The second-order valence-corrected chi connectivity index (χ2v) is 11.1. The lowest BCUT2D eigenvalue weighted by Crippen LogP contribution is -2.67. The highest BCUT2D eigenvalue weighted by Gasteiger charge is 2.64. The van der Waals surface area contributed by atoms with Crippen LogP contribution in [0.4, 0.5) is 0 Å². The summed E-state index contributed by atoms with van der Waals surface area (Å²) in [6, 6.07) is 8.57. The quantitative estimate of drug-likeness (QED) is 0.295. The molecule has 3 saturated heterocycles. The van der Waals surface area contributed by atoms with Gasteiger partial charge in [0.05, 0.1) is 25.2 Å². The largest absolute Gasteiger partial charge is 0.494 e. The number of carbonyl (C=O) groups excluding carboxylic acids is 4. The van der Waals surface area contributed by atoms with Gasteiger partial charge in [-0.25, -0.2) is 0 Å². The lowest BCUT2D eigenvalue weighted by molar-refractivity contribution is -0.143. The molecular weight excluding hydrogens is 488 g/mol. The van der Waals surface area contributed by atoms with Gasteiger partial charge in [0, 0.05) is 45.2 Å². The maximum Gasteiger partial charge on any atom is 0.243 e. The Morgan fingerprint density at radius 1 is 1.11 bits per heavy atom. The topological polar surface area (TPSA) is 132 Å². The highest BCUT2D eigenvalue weighted by Crippen LogP contribution is 2.59. The molecule has 0 radical (unpaired) electrons. The molecule has 1 saturated carbocycles. The fourth-order valence-electron chi connectivity index (χ4n) is 5.75. The molecule has 3 aliphatic heterocycles. The lowest BCUT2D eigenvalue weighted by atomic mass is 10.0. The third-order valence-corrected chi connectivity index (χ3v) is 8.10. The van der Waals surface area contributed by atoms with Crippen LogP contribution >= 0.6 is 0 Å². The van der Waals surface area contributed by atoms with E-state index in [0.29, 0.717) is 39.1 Å². The average Bonchev–Trinajstić information content (AvgIpc) is 3.47. The minimum Gasteiger partial charge on any atom is -0.494 e. The van der Waals surface area contributed by atoms with Crippen molar-refractivity contribution in [3.05, 3.63) is 30.3 Å². The molecule has 1 aromatic rings. The van der Waals surface area contributed by atoms with E-state index in [9.17, 15) is 19.2 Å². The molecule has 5 rings (SSSR count). The molecule has 1 aliphatic carbocycles. The molecule has 4 atom stereocenters. The Labute approximate surface area is 223 Å². The molecule has 1 aromatic carbocycles. The van der Waals surface area contributed by atoms with Gasteiger partial charge < -0.3 is 35.8 Å². The number of nitrogens with one attached hydrogen (secondary N) is 4. The van der Waals surface area contributed by atoms with E-state index >= 15 is 0 Å². The van der Waals surface area contributed by atoms with E-state index in [1.54, 1.807) is 9.80 Å². The zero-order valence-electron chi connectivity index (χ0n) is 21.9. The number of likely N-dealkylation sites (tertiary alicyclic amines) is 2. The summed E-state index contributed by atoms with van der Waals surface area (Å²) in [5, 5.41) is 12.2. The predicted molar refractivity (Wildman–Crippen MR) is 139 cm³/mol. The van der Waals surface area contributed by atoms with Crippen molar-refractivity contribution in [2.75, 3.05) is 45.9 Å². The summed E-state index contributed by atoms with van der Waals surface area (Å²) in [5.41, 5.74) is -0.0439. The molecule has 4 aliphatic rings.